The summed E-state index contributed by atoms with van der Waals surface area (Å²) >= 11 is 3.25. The van der Waals surface area contributed by atoms with E-state index in [1.807, 2.05) is 24.3 Å². The largest absolute Gasteiger partial charge is 0.271 e. The predicted octanol–water partition coefficient (Wildman–Crippen LogP) is 2.73. The van der Waals surface area contributed by atoms with E-state index in [0.29, 0.717) is 10.9 Å². The second-order valence-corrected chi connectivity index (χ2v) is 4.68. The van der Waals surface area contributed by atoms with Gasteiger partial charge < -0.3 is 0 Å². The van der Waals surface area contributed by atoms with Gasteiger partial charge >= 0.3 is 0 Å². The van der Waals surface area contributed by atoms with Gasteiger partial charge in [0.05, 0.1) is 16.2 Å². The number of hydrazine groups is 1. The third kappa shape index (κ3) is 2.93. The van der Waals surface area contributed by atoms with E-state index in [1.54, 1.807) is 12.3 Å². The lowest BCUT2D eigenvalue weighted by Crippen LogP contribution is -2.30. The molecule has 0 saturated heterocycles. The molecule has 3 N–H and O–H groups in total. The first-order valence-corrected chi connectivity index (χ1v) is 6.31. The van der Waals surface area contributed by atoms with Crippen LogP contribution in [0.15, 0.2) is 47.1 Å². The maximum absolute atomic E-state index is 13.4. The summed E-state index contributed by atoms with van der Waals surface area (Å²) in [6.07, 6.45) is 2.27. The topological polar surface area (TPSA) is 50.9 Å². The molecule has 0 bridgehead atoms. The molecule has 1 unspecified atom stereocenters. The molecule has 1 aromatic carbocycles. The molecule has 1 atom stereocenters. The highest BCUT2D eigenvalue weighted by Gasteiger charge is 2.14. The number of aromatic nitrogens is 1. The van der Waals surface area contributed by atoms with Crippen LogP contribution in [0.2, 0.25) is 0 Å². The summed E-state index contributed by atoms with van der Waals surface area (Å²) in [7, 11) is 0. The first-order chi connectivity index (χ1) is 8.72. The van der Waals surface area contributed by atoms with Gasteiger partial charge in [0.25, 0.3) is 0 Å². The van der Waals surface area contributed by atoms with E-state index in [9.17, 15) is 4.39 Å². The molecule has 2 aromatic rings. The number of nitrogens with zero attached hydrogens (tertiary/aromatic N) is 1. The average Bonchev–Trinajstić information content (AvgIpc) is 2.41. The zero-order valence-corrected chi connectivity index (χ0v) is 11.2. The van der Waals surface area contributed by atoms with Crippen molar-refractivity contribution >= 4 is 15.9 Å². The fraction of sp³-hybridized carbons (Fsp3) is 0.154. The third-order valence-electron chi connectivity index (χ3n) is 2.70. The molecule has 0 aliphatic heterocycles. The number of pyridine rings is 1. The molecule has 1 heterocycles. The van der Waals surface area contributed by atoms with Crippen LogP contribution in [0.1, 0.15) is 17.3 Å². The van der Waals surface area contributed by atoms with Gasteiger partial charge in [-0.3, -0.25) is 16.3 Å². The van der Waals surface area contributed by atoms with Gasteiger partial charge in [-0.15, -0.1) is 0 Å². The third-order valence-corrected chi connectivity index (χ3v) is 3.59. The SMILES string of the molecule is NNC(Cc1cccc(F)c1Br)c1ccccn1. The van der Waals surface area contributed by atoms with Gasteiger partial charge in [-0.25, -0.2) is 4.39 Å². The van der Waals surface area contributed by atoms with Gasteiger partial charge in [0, 0.05) is 6.20 Å². The molecule has 0 fully saturated rings. The fourth-order valence-corrected chi connectivity index (χ4v) is 2.18. The van der Waals surface area contributed by atoms with Crippen molar-refractivity contribution in [3.05, 3.63) is 64.1 Å². The normalized spacial score (nSPS) is 12.4. The Bertz CT molecular complexity index is 519. The Morgan fingerprint density at radius 3 is 2.78 bits per heavy atom. The van der Waals surface area contributed by atoms with Crippen LogP contribution in [0, 0.1) is 5.82 Å². The Morgan fingerprint density at radius 2 is 2.11 bits per heavy atom. The Hall–Kier alpha value is -1.30. The van der Waals surface area contributed by atoms with Gasteiger partial charge in [0.15, 0.2) is 0 Å². The Morgan fingerprint density at radius 1 is 1.28 bits per heavy atom. The molecule has 5 heteroatoms. The molecular weight excluding hydrogens is 297 g/mol. The van der Waals surface area contributed by atoms with Crippen LogP contribution in [0.25, 0.3) is 0 Å². The van der Waals surface area contributed by atoms with E-state index in [2.05, 4.69) is 26.3 Å². The number of hydrogen-bond donors (Lipinski definition) is 2. The Labute approximate surface area is 113 Å². The van der Waals surface area contributed by atoms with Crippen LogP contribution in [-0.4, -0.2) is 4.98 Å². The first kappa shape index (κ1) is 13.1. The summed E-state index contributed by atoms with van der Waals surface area (Å²) in [5.41, 5.74) is 4.39. The van der Waals surface area contributed by atoms with Crippen LogP contribution in [-0.2, 0) is 6.42 Å². The molecule has 0 spiro atoms. The minimum atomic E-state index is -0.274. The van der Waals surface area contributed by atoms with Crippen molar-refractivity contribution < 1.29 is 4.39 Å². The molecule has 0 aliphatic rings. The van der Waals surface area contributed by atoms with E-state index in [0.717, 1.165) is 11.3 Å². The van der Waals surface area contributed by atoms with Gasteiger partial charge in [-0.1, -0.05) is 18.2 Å². The molecule has 0 radical (unpaired) electrons. The van der Waals surface area contributed by atoms with Crippen molar-refractivity contribution in [3.63, 3.8) is 0 Å². The number of nitrogens with two attached hydrogens (primary N) is 1. The van der Waals surface area contributed by atoms with Crippen molar-refractivity contribution in [2.24, 2.45) is 5.84 Å². The number of halogens is 2. The number of benzene rings is 1. The zero-order valence-electron chi connectivity index (χ0n) is 9.61. The summed E-state index contributed by atoms with van der Waals surface area (Å²) in [4.78, 5) is 4.25. The van der Waals surface area contributed by atoms with E-state index in [-0.39, 0.29) is 11.9 Å². The van der Waals surface area contributed by atoms with Crippen molar-refractivity contribution in [2.45, 2.75) is 12.5 Å². The molecule has 3 nitrogen and oxygen atoms in total. The monoisotopic (exact) mass is 309 g/mol. The minimum Gasteiger partial charge on any atom is -0.271 e. The zero-order chi connectivity index (χ0) is 13.0. The Kier molecular flexibility index (Phi) is 4.41. The molecule has 94 valence electrons. The highest BCUT2D eigenvalue weighted by atomic mass is 79.9. The maximum atomic E-state index is 13.4. The van der Waals surface area contributed by atoms with Gasteiger partial charge in [-0.2, -0.15) is 0 Å². The van der Waals surface area contributed by atoms with Crippen LogP contribution in [0.5, 0.6) is 0 Å². The van der Waals surface area contributed by atoms with Crippen molar-refractivity contribution in [3.8, 4) is 0 Å². The lowest BCUT2D eigenvalue weighted by atomic mass is 10.0. The lowest BCUT2D eigenvalue weighted by Gasteiger charge is -2.16. The maximum Gasteiger partial charge on any atom is 0.137 e. The summed E-state index contributed by atoms with van der Waals surface area (Å²) in [5, 5.41) is 0. The van der Waals surface area contributed by atoms with Crippen molar-refractivity contribution in [1.29, 1.82) is 0 Å². The highest BCUT2D eigenvalue weighted by Crippen LogP contribution is 2.24. The highest BCUT2D eigenvalue weighted by molar-refractivity contribution is 9.10. The summed E-state index contributed by atoms with van der Waals surface area (Å²) in [5.74, 6) is 5.27. The van der Waals surface area contributed by atoms with Crippen molar-refractivity contribution in [2.75, 3.05) is 0 Å². The molecule has 2 rings (SSSR count). The molecular formula is C13H13BrFN3. The van der Waals surface area contributed by atoms with Crippen LogP contribution >= 0.6 is 15.9 Å². The molecule has 0 saturated carbocycles. The second-order valence-electron chi connectivity index (χ2n) is 3.89. The quantitative estimate of drug-likeness (QED) is 0.674. The first-order valence-electron chi connectivity index (χ1n) is 5.52. The minimum absolute atomic E-state index is 0.149. The van der Waals surface area contributed by atoms with Gasteiger partial charge in [0.2, 0.25) is 0 Å². The lowest BCUT2D eigenvalue weighted by molar-refractivity contribution is 0.534. The van der Waals surface area contributed by atoms with E-state index >= 15 is 0 Å². The number of hydrogen-bond acceptors (Lipinski definition) is 3. The van der Waals surface area contributed by atoms with E-state index < -0.39 is 0 Å². The summed E-state index contributed by atoms with van der Waals surface area (Å²) < 4.78 is 13.9. The average molecular weight is 310 g/mol. The van der Waals surface area contributed by atoms with E-state index in [4.69, 9.17) is 5.84 Å². The van der Waals surface area contributed by atoms with Crippen molar-refractivity contribution in [1.82, 2.24) is 10.4 Å². The predicted molar refractivity (Wildman–Crippen MR) is 72.1 cm³/mol. The number of nitrogens with one attached hydrogen (secondary N) is 1. The molecule has 0 amide bonds. The fourth-order valence-electron chi connectivity index (χ4n) is 1.76. The molecule has 1 aromatic heterocycles. The standard InChI is InChI=1S/C13H13BrFN3/c14-13-9(4-3-5-10(13)15)8-12(18-16)11-6-1-2-7-17-11/h1-7,12,18H,8,16H2. The second kappa shape index (κ2) is 6.04. The van der Waals surface area contributed by atoms with Crippen LogP contribution in [0.3, 0.4) is 0 Å². The Balaban J connectivity index is 2.24. The summed E-state index contributed by atoms with van der Waals surface area (Å²) in [6, 6.07) is 10.4. The molecule has 18 heavy (non-hydrogen) atoms. The summed E-state index contributed by atoms with van der Waals surface area (Å²) in [6.45, 7) is 0. The molecule has 0 aliphatic carbocycles. The van der Waals surface area contributed by atoms with Crippen LogP contribution in [0.4, 0.5) is 4.39 Å². The van der Waals surface area contributed by atoms with E-state index in [1.165, 1.54) is 6.07 Å². The number of rotatable bonds is 4. The van der Waals surface area contributed by atoms with Crippen LogP contribution < -0.4 is 11.3 Å². The van der Waals surface area contributed by atoms with Gasteiger partial charge in [0.1, 0.15) is 5.82 Å². The smallest absolute Gasteiger partial charge is 0.137 e. The van der Waals surface area contributed by atoms with Gasteiger partial charge in [-0.05, 0) is 46.1 Å².